The smallest absolute Gasteiger partial charge is 0.127 e. The number of hydrogen-bond acceptors (Lipinski definition) is 2. The van der Waals surface area contributed by atoms with E-state index < -0.39 is 0 Å². The first-order chi connectivity index (χ1) is 8.22. The van der Waals surface area contributed by atoms with Gasteiger partial charge in [0.1, 0.15) is 6.29 Å². The number of aldehydes is 1. The van der Waals surface area contributed by atoms with Gasteiger partial charge in [0.05, 0.1) is 0 Å². The third kappa shape index (κ3) is 2.88. The summed E-state index contributed by atoms with van der Waals surface area (Å²) in [7, 11) is 2.11. The normalized spacial score (nSPS) is 23.3. The van der Waals surface area contributed by atoms with E-state index in [9.17, 15) is 4.79 Å². The molecule has 2 atom stereocenters. The van der Waals surface area contributed by atoms with Crippen molar-refractivity contribution in [3.8, 4) is 0 Å². The quantitative estimate of drug-likeness (QED) is 0.770. The second kappa shape index (κ2) is 5.65. The van der Waals surface area contributed by atoms with Crippen molar-refractivity contribution >= 4 is 17.9 Å². The van der Waals surface area contributed by atoms with Crippen LogP contribution in [0.15, 0.2) is 24.3 Å². The van der Waals surface area contributed by atoms with E-state index in [1.54, 1.807) is 0 Å². The van der Waals surface area contributed by atoms with Crippen LogP contribution < -0.4 is 0 Å². The van der Waals surface area contributed by atoms with Crippen molar-refractivity contribution in [2.75, 3.05) is 20.1 Å². The monoisotopic (exact) mass is 251 g/mol. The lowest BCUT2D eigenvalue weighted by molar-refractivity contribution is -0.110. The van der Waals surface area contributed by atoms with Gasteiger partial charge >= 0.3 is 0 Å². The van der Waals surface area contributed by atoms with Gasteiger partial charge in [0.2, 0.25) is 0 Å². The molecule has 0 aliphatic carbocycles. The molecule has 3 heteroatoms. The highest BCUT2D eigenvalue weighted by Gasteiger charge is 2.27. The van der Waals surface area contributed by atoms with Gasteiger partial charge < -0.3 is 9.69 Å². The number of piperidine rings is 1. The van der Waals surface area contributed by atoms with Gasteiger partial charge in [-0.2, -0.15) is 0 Å². The number of rotatable bonds is 3. The predicted octanol–water partition coefficient (Wildman–Crippen LogP) is 2.96. The first kappa shape index (κ1) is 12.6. The second-order valence-corrected chi connectivity index (χ2v) is 5.26. The molecular weight excluding hydrogens is 234 g/mol. The molecule has 0 bridgehead atoms. The molecule has 0 spiro atoms. The molecule has 0 amide bonds. The molecule has 2 nitrogen and oxygen atoms in total. The van der Waals surface area contributed by atoms with Gasteiger partial charge in [-0.25, -0.2) is 0 Å². The Morgan fingerprint density at radius 2 is 2.24 bits per heavy atom. The molecule has 0 saturated carbocycles. The zero-order valence-electron chi connectivity index (χ0n) is 10.1. The van der Waals surface area contributed by atoms with E-state index in [1.807, 2.05) is 24.3 Å². The van der Waals surface area contributed by atoms with Crippen LogP contribution in [-0.4, -0.2) is 31.3 Å². The van der Waals surface area contributed by atoms with E-state index in [-0.39, 0.29) is 5.92 Å². The molecular formula is C14H18ClNO. The van der Waals surface area contributed by atoms with Crippen LogP contribution in [-0.2, 0) is 4.79 Å². The van der Waals surface area contributed by atoms with Crippen LogP contribution in [0, 0.1) is 5.92 Å². The van der Waals surface area contributed by atoms with E-state index in [0.29, 0.717) is 10.9 Å². The average molecular weight is 252 g/mol. The number of carbonyl (C=O) groups is 1. The summed E-state index contributed by atoms with van der Waals surface area (Å²) in [4.78, 5) is 13.7. The first-order valence-corrected chi connectivity index (χ1v) is 6.48. The molecule has 2 rings (SSSR count). The first-order valence-electron chi connectivity index (χ1n) is 6.10. The largest absolute Gasteiger partial charge is 0.306 e. The van der Waals surface area contributed by atoms with E-state index in [0.717, 1.165) is 37.8 Å². The van der Waals surface area contributed by atoms with Crippen molar-refractivity contribution in [3.63, 3.8) is 0 Å². The van der Waals surface area contributed by atoms with Gasteiger partial charge in [-0.3, -0.25) is 0 Å². The highest BCUT2D eigenvalue weighted by atomic mass is 35.5. The summed E-state index contributed by atoms with van der Waals surface area (Å²) in [5, 5.41) is 0.706. The number of likely N-dealkylation sites (tertiary alicyclic amines) is 1. The van der Waals surface area contributed by atoms with Crippen LogP contribution >= 0.6 is 11.6 Å². The maximum absolute atomic E-state index is 11.4. The Balaban J connectivity index is 2.21. The molecule has 2 unspecified atom stereocenters. The Bertz CT molecular complexity index is 394. The summed E-state index contributed by atoms with van der Waals surface area (Å²) in [6.45, 7) is 2.11. The summed E-state index contributed by atoms with van der Waals surface area (Å²) < 4.78 is 0. The predicted molar refractivity (Wildman–Crippen MR) is 70.5 cm³/mol. The fraction of sp³-hybridized carbons (Fsp3) is 0.500. The molecule has 17 heavy (non-hydrogen) atoms. The maximum Gasteiger partial charge on any atom is 0.127 e. The van der Waals surface area contributed by atoms with Crippen molar-refractivity contribution in [2.45, 2.75) is 18.8 Å². The van der Waals surface area contributed by atoms with Crippen LogP contribution in [0.3, 0.4) is 0 Å². The van der Waals surface area contributed by atoms with Gasteiger partial charge in [0.25, 0.3) is 0 Å². The summed E-state index contributed by atoms with van der Waals surface area (Å²) in [5.41, 5.74) is 0.976. The second-order valence-electron chi connectivity index (χ2n) is 4.85. The molecule has 1 fully saturated rings. The summed E-state index contributed by atoms with van der Waals surface area (Å²) in [6.07, 6.45) is 3.33. The Hall–Kier alpha value is -0.860. The van der Waals surface area contributed by atoms with Crippen molar-refractivity contribution in [1.82, 2.24) is 4.90 Å². The fourth-order valence-corrected chi connectivity index (χ4v) is 2.94. The Morgan fingerprint density at radius 1 is 1.47 bits per heavy atom. The molecule has 92 valence electrons. The SMILES string of the molecule is CN1CCCC(C(C=O)c2ccccc2Cl)C1. The Labute approximate surface area is 108 Å². The van der Waals surface area contributed by atoms with Gasteiger partial charge in [-0.15, -0.1) is 0 Å². The molecule has 1 saturated heterocycles. The minimum Gasteiger partial charge on any atom is -0.306 e. The van der Waals surface area contributed by atoms with Gasteiger partial charge in [-0.1, -0.05) is 29.8 Å². The molecule has 1 aromatic rings. The number of hydrogen-bond donors (Lipinski definition) is 0. The number of nitrogens with zero attached hydrogens (tertiary/aromatic N) is 1. The van der Waals surface area contributed by atoms with E-state index in [4.69, 9.17) is 11.6 Å². The zero-order chi connectivity index (χ0) is 12.3. The van der Waals surface area contributed by atoms with Crippen LogP contribution in [0.25, 0.3) is 0 Å². The van der Waals surface area contributed by atoms with E-state index in [2.05, 4.69) is 11.9 Å². The fourth-order valence-electron chi connectivity index (χ4n) is 2.68. The highest BCUT2D eigenvalue weighted by molar-refractivity contribution is 6.31. The topological polar surface area (TPSA) is 20.3 Å². The number of carbonyl (C=O) groups excluding carboxylic acids is 1. The Morgan fingerprint density at radius 3 is 2.88 bits per heavy atom. The van der Waals surface area contributed by atoms with Crippen molar-refractivity contribution in [2.24, 2.45) is 5.92 Å². The third-order valence-electron chi connectivity index (χ3n) is 3.58. The van der Waals surface area contributed by atoms with Crippen LogP contribution in [0.1, 0.15) is 24.3 Å². The van der Waals surface area contributed by atoms with Gasteiger partial charge in [0.15, 0.2) is 0 Å². The third-order valence-corrected chi connectivity index (χ3v) is 3.92. The minimum atomic E-state index is -0.0635. The molecule has 1 heterocycles. The van der Waals surface area contributed by atoms with Crippen molar-refractivity contribution in [3.05, 3.63) is 34.9 Å². The number of halogens is 1. The van der Waals surface area contributed by atoms with Crippen LogP contribution in [0.2, 0.25) is 5.02 Å². The summed E-state index contributed by atoms with van der Waals surface area (Å²) in [5.74, 6) is 0.331. The molecule has 0 radical (unpaired) electrons. The lowest BCUT2D eigenvalue weighted by Crippen LogP contribution is -2.35. The van der Waals surface area contributed by atoms with Gasteiger partial charge in [0, 0.05) is 17.5 Å². The van der Waals surface area contributed by atoms with E-state index in [1.165, 1.54) is 0 Å². The Kier molecular flexibility index (Phi) is 4.19. The summed E-state index contributed by atoms with van der Waals surface area (Å²) >= 11 is 6.18. The van der Waals surface area contributed by atoms with Crippen molar-refractivity contribution in [1.29, 1.82) is 0 Å². The zero-order valence-corrected chi connectivity index (χ0v) is 10.9. The lowest BCUT2D eigenvalue weighted by Gasteiger charge is -2.33. The van der Waals surface area contributed by atoms with E-state index >= 15 is 0 Å². The molecule has 1 aromatic carbocycles. The van der Waals surface area contributed by atoms with Crippen molar-refractivity contribution < 1.29 is 4.79 Å². The molecule has 1 aliphatic rings. The maximum atomic E-state index is 11.4. The average Bonchev–Trinajstić information content (AvgIpc) is 2.33. The number of benzene rings is 1. The molecule has 0 N–H and O–H groups in total. The molecule has 1 aliphatic heterocycles. The lowest BCUT2D eigenvalue weighted by atomic mass is 9.82. The summed E-state index contributed by atoms with van der Waals surface area (Å²) in [6, 6.07) is 7.68. The van der Waals surface area contributed by atoms with Crippen LogP contribution in [0.4, 0.5) is 0 Å². The standard InChI is InChI=1S/C14H18ClNO/c1-16-8-4-5-11(9-16)13(10-17)12-6-2-3-7-14(12)15/h2-3,6-7,10-11,13H,4-5,8-9H2,1H3. The van der Waals surface area contributed by atoms with Crippen LogP contribution in [0.5, 0.6) is 0 Å². The highest BCUT2D eigenvalue weighted by Crippen LogP contribution is 2.33. The molecule has 0 aromatic heterocycles. The van der Waals surface area contributed by atoms with Gasteiger partial charge in [-0.05, 0) is 44.0 Å². The minimum absolute atomic E-state index is 0.0635.